The lowest BCUT2D eigenvalue weighted by atomic mass is 10.1. The van der Waals surface area contributed by atoms with Gasteiger partial charge in [0.15, 0.2) is 11.5 Å². The number of rotatable bonds is 6. The van der Waals surface area contributed by atoms with Crippen LogP contribution in [0.1, 0.15) is 16.5 Å². The summed E-state index contributed by atoms with van der Waals surface area (Å²) in [5, 5.41) is 9.28. The second kappa shape index (κ2) is 8.22. The third kappa shape index (κ3) is 4.83. The van der Waals surface area contributed by atoms with E-state index in [4.69, 9.17) is 4.74 Å². The Morgan fingerprint density at radius 1 is 1.25 bits per heavy atom. The zero-order valence-electron chi connectivity index (χ0n) is 14.9. The Bertz CT molecular complexity index is 859. The van der Waals surface area contributed by atoms with E-state index in [2.05, 4.69) is 4.74 Å². The predicted molar refractivity (Wildman–Crippen MR) is 98.4 cm³/mol. The molecule has 3 rings (SSSR count). The fraction of sp³-hybridized carbons (Fsp3) is 0.316. The Kier molecular flexibility index (Phi) is 5.93. The van der Waals surface area contributed by atoms with Crippen LogP contribution in [0.15, 0.2) is 42.5 Å². The summed E-state index contributed by atoms with van der Waals surface area (Å²) in [4.78, 5) is 13.9. The van der Waals surface area contributed by atoms with Gasteiger partial charge in [0, 0.05) is 6.54 Å². The number of halogens is 3. The van der Waals surface area contributed by atoms with Crippen molar-refractivity contribution in [3.05, 3.63) is 53.6 Å². The number of carbonyl (C=O) groups is 1. The lowest BCUT2D eigenvalue weighted by molar-refractivity contribution is -0.274. The summed E-state index contributed by atoms with van der Waals surface area (Å²) in [5.41, 5.74) is 1.44. The summed E-state index contributed by atoms with van der Waals surface area (Å²) in [5.74, 6) is 0.233. The fourth-order valence-electron chi connectivity index (χ4n) is 2.96. The van der Waals surface area contributed by atoms with Crippen molar-refractivity contribution in [2.45, 2.75) is 18.2 Å². The normalized spacial score (nSPS) is 17.1. The molecule has 1 aliphatic rings. The van der Waals surface area contributed by atoms with Crippen molar-refractivity contribution >= 4 is 17.7 Å². The molecule has 1 atom stereocenters. The summed E-state index contributed by atoms with van der Waals surface area (Å²) in [6.07, 6.45) is -4.26. The molecule has 9 heteroatoms. The fourth-order valence-corrected chi connectivity index (χ4v) is 4.17. The summed E-state index contributed by atoms with van der Waals surface area (Å²) >= 11 is 1.36. The minimum Gasteiger partial charge on any atom is -0.504 e. The molecule has 0 spiro atoms. The third-order valence-electron chi connectivity index (χ3n) is 4.23. The lowest BCUT2D eigenvalue weighted by Crippen LogP contribution is -2.30. The summed E-state index contributed by atoms with van der Waals surface area (Å²) in [6, 6.07) is 10.6. The zero-order chi connectivity index (χ0) is 20.3. The molecule has 0 saturated carbocycles. The number of aromatic hydroxyl groups is 1. The average Bonchev–Trinajstić information content (AvgIpc) is 3.00. The van der Waals surface area contributed by atoms with Crippen LogP contribution < -0.4 is 9.47 Å². The smallest absolute Gasteiger partial charge is 0.504 e. The molecule has 1 N–H and O–H groups in total. The van der Waals surface area contributed by atoms with Gasteiger partial charge in [0.2, 0.25) is 5.91 Å². The highest BCUT2D eigenvalue weighted by atomic mass is 32.2. The maximum Gasteiger partial charge on any atom is 0.573 e. The van der Waals surface area contributed by atoms with Crippen molar-refractivity contribution in [1.82, 2.24) is 4.90 Å². The Labute approximate surface area is 164 Å². The van der Waals surface area contributed by atoms with Crippen molar-refractivity contribution in [1.29, 1.82) is 0 Å². The average molecular weight is 413 g/mol. The van der Waals surface area contributed by atoms with Gasteiger partial charge in [-0.25, -0.2) is 0 Å². The molecular weight excluding hydrogens is 395 g/mol. The minimum absolute atomic E-state index is 0.0263. The Hall–Kier alpha value is -2.55. The van der Waals surface area contributed by atoms with Crippen LogP contribution in [0.5, 0.6) is 17.2 Å². The molecule has 0 radical (unpaired) electrons. The molecule has 150 valence electrons. The minimum atomic E-state index is -4.77. The number of benzene rings is 2. The van der Waals surface area contributed by atoms with Gasteiger partial charge in [-0.1, -0.05) is 18.2 Å². The topological polar surface area (TPSA) is 59.0 Å². The van der Waals surface area contributed by atoms with E-state index in [1.807, 2.05) is 0 Å². The van der Waals surface area contributed by atoms with Crippen LogP contribution in [0.2, 0.25) is 0 Å². The van der Waals surface area contributed by atoms with Gasteiger partial charge < -0.3 is 19.5 Å². The van der Waals surface area contributed by atoms with Gasteiger partial charge in [-0.05, 0) is 41.8 Å². The van der Waals surface area contributed by atoms with Crippen LogP contribution in [0, 0.1) is 0 Å². The van der Waals surface area contributed by atoms with Crippen LogP contribution in [-0.4, -0.2) is 41.7 Å². The lowest BCUT2D eigenvalue weighted by Gasteiger charge is -2.25. The number of phenolic OH excluding ortho intramolecular Hbond substituents is 1. The predicted octanol–water partition coefficient (Wildman–Crippen LogP) is 4.12. The molecule has 1 fully saturated rings. The first-order valence-corrected chi connectivity index (χ1v) is 9.44. The van der Waals surface area contributed by atoms with Gasteiger partial charge in [0.1, 0.15) is 11.1 Å². The maximum atomic E-state index is 12.5. The number of alkyl halides is 3. The molecular formula is C19H18F3NO4S. The summed E-state index contributed by atoms with van der Waals surface area (Å²) in [7, 11) is 1.45. The molecule has 1 unspecified atom stereocenters. The van der Waals surface area contributed by atoms with Gasteiger partial charge in [0.25, 0.3) is 0 Å². The molecule has 1 heterocycles. The highest BCUT2D eigenvalue weighted by Crippen LogP contribution is 2.40. The van der Waals surface area contributed by atoms with Gasteiger partial charge >= 0.3 is 6.36 Å². The highest BCUT2D eigenvalue weighted by molar-refractivity contribution is 8.00. The highest BCUT2D eigenvalue weighted by Gasteiger charge is 2.34. The van der Waals surface area contributed by atoms with Crippen LogP contribution in [-0.2, 0) is 11.2 Å². The van der Waals surface area contributed by atoms with E-state index in [0.29, 0.717) is 24.3 Å². The second-order valence-electron chi connectivity index (χ2n) is 6.13. The number of carbonyl (C=O) groups excluding carboxylic acids is 1. The van der Waals surface area contributed by atoms with Gasteiger partial charge in [-0.2, -0.15) is 0 Å². The Morgan fingerprint density at radius 3 is 2.75 bits per heavy atom. The van der Waals surface area contributed by atoms with Crippen molar-refractivity contribution < 1.29 is 32.5 Å². The standard InChI is InChI=1S/C19H18F3NO4S/c1-26-16-9-12(5-6-15(16)24)7-8-23-17(25)11-28-18(23)13-3-2-4-14(10-13)27-19(20,21)22/h2-6,9-10,18,24H,7-8,11H2,1H3. The van der Waals surface area contributed by atoms with Crippen molar-refractivity contribution in [3.63, 3.8) is 0 Å². The first-order chi connectivity index (χ1) is 13.3. The molecule has 1 amide bonds. The number of thioether (sulfide) groups is 1. The maximum absolute atomic E-state index is 12.5. The van der Waals surface area contributed by atoms with E-state index in [1.54, 1.807) is 23.1 Å². The molecule has 0 aliphatic carbocycles. The summed E-state index contributed by atoms with van der Waals surface area (Å²) < 4.78 is 46.5. The SMILES string of the molecule is COc1cc(CCN2C(=O)CSC2c2cccc(OC(F)(F)F)c2)ccc1O. The summed E-state index contributed by atoms with van der Waals surface area (Å²) in [6.45, 7) is 0.384. The number of hydrogen-bond acceptors (Lipinski definition) is 5. The van der Waals surface area contributed by atoms with E-state index >= 15 is 0 Å². The van der Waals surface area contributed by atoms with Crippen LogP contribution in [0.4, 0.5) is 13.2 Å². The number of methoxy groups -OCH3 is 1. The van der Waals surface area contributed by atoms with Crippen LogP contribution in [0.3, 0.4) is 0 Å². The van der Waals surface area contributed by atoms with Crippen LogP contribution >= 0.6 is 11.8 Å². The first kappa shape index (κ1) is 20.2. The number of nitrogens with zero attached hydrogens (tertiary/aromatic N) is 1. The zero-order valence-corrected chi connectivity index (χ0v) is 15.7. The first-order valence-electron chi connectivity index (χ1n) is 8.39. The van der Waals surface area contributed by atoms with Gasteiger partial charge in [-0.15, -0.1) is 24.9 Å². The molecule has 1 aliphatic heterocycles. The van der Waals surface area contributed by atoms with Gasteiger partial charge in [0.05, 0.1) is 12.9 Å². The third-order valence-corrected chi connectivity index (χ3v) is 5.49. The molecule has 1 saturated heterocycles. The van der Waals surface area contributed by atoms with E-state index in [9.17, 15) is 23.1 Å². The number of phenols is 1. The number of ether oxygens (including phenoxy) is 2. The molecule has 5 nitrogen and oxygen atoms in total. The quantitative estimate of drug-likeness (QED) is 0.772. The number of amides is 1. The van der Waals surface area contributed by atoms with E-state index in [1.165, 1.54) is 43.1 Å². The molecule has 0 bridgehead atoms. The monoisotopic (exact) mass is 413 g/mol. The van der Waals surface area contributed by atoms with Crippen molar-refractivity contribution in [3.8, 4) is 17.2 Å². The molecule has 28 heavy (non-hydrogen) atoms. The van der Waals surface area contributed by atoms with E-state index in [0.717, 1.165) is 5.56 Å². The van der Waals surface area contributed by atoms with Crippen molar-refractivity contribution in [2.24, 2.45) is 0 Å². The second-order valence-corrected chi connectivity index (χ2v) is 7.20. The largest absolute Gasteiger partial charge is 0.573 e. The van der Waals surface area contributed by atoms with Crippen molar-refractivity contribution in [2.75, 3.05) is 19.4 Å². The number of hydrogen-bond donors (Lipinski definition) is 1. The molecule has 0 aromatic heterocycles. The van der Waals surface area contributed by atoms with E-state index < -0.39 is 6.36 Å². The van der Waals surface area contributed by atoms with Gasteiger partial charge in [-0.3, -0.25) is 4.79 Å². The molecule has 2 aromatic carbocycles. The molecule has 2 aromatic rings. The Morgan fingerprint density at radius 2 is 2.04 bits per heavy atom. The Balaban J connectivity index is 1.74. The van der Waals surface area contributed by atoms with Crippen LogP contribution in [0.25, 0.3) is 0 Å². The van der Waals surface area contributed by atoms with E-state index in [-0.39, 0.29) is 28.5 Å².